The van der Waals surface area contributed by atoms with Crippen LogP contribution in [0.2, 0.25) is 0 Å². The van der Waals surface area contributed by atoms with Gasteiger partial charge in [0.15, 0.2) is 0 Å². The third-order valence-electron chi connectivity index (χ3n) is 7.43. The first-order valence-electron chi connectivity index (χ1n) is 13.0. The molecule has 2 aromatic rings. The smallest absolute Gasteiger partial charge is 0.259 e. The molecule has 188 valence electrons. The second-order valence-corrected chi connectivity index (χ2v) is 10.2. The van der Waals surface area contributed by atoms with Gasteiger partial charge < -0.3 is 10.2 Å². The number of hydrogen-bond donors (Lipinski definition) is 1. The van der Waals surface area contributed by atoms with Crippen LogP contribution in [0.15, 0.2) is 54.9 Å². The van der Waals surface area contributed by atoms with Crippen LogP contribution in [0.1, 0.15) is 62.2 Å². The molecule has 0 spiro atoms. The summed E-state index contributed by atoms with van der Waals surface area (Å²) in [6, 6.07) is 9.27. The summed E-state index contributed by atoms with van der Waals surface area (Å²) in [5, 5.41) is 7.36. The van der Waals surface area contributed by atoms with E-state index in [9.17, 15) is 9.59 Å². The fourth-order valence-corrected chi connectivity index (χ4v) is 5.59. The molecule has 1 saturated heterocycles. The van der Waals surface area contributed by atoms with Crippen molar-refractivity contribution >= 4 is 17.5 Å². The Balaban J connectivity index is 1.63. The molecular weight excluding hydrogens is 438 g/mol. The lowest BCUT2D eigenvalue weighted by atomic mass is 9.85. The van der Waals surface area contributed by atoms with Crippen LogP contribution in [0.5, 0.6) is 0 Å². The Morgan fingerprint density at radius 3 is 2.40 bits per heavy atom. The molecule has 1 N–H and O–H groups in total. The SMILES string of the molecule is C=C(C)CNC(=O)C(C1CCN(C2CCCCC2)CC1)N(C(=O)c1ccccc1)c1cnn(C)c1. The van der Waals surface area contributed by atoms with Crippen LogP contribution in [-0.2, 0) is 11.8 Å². The van der Waals surface area contributed by atoms with Gasteiger partial charge in [0.05, 0.1) is 11.9 Å². The molecule has 1 aliphatic carbocycles. The Labute approximate surface area is 209 Å². The van der Waals surface area contributed by atoms with Crippen LogP contribution in [-0.4, -0.2) is 58.2 Å². The number of piperidine rings is 1. The molecule has 2 heterocycles. The van der Waals surface area contributed by atoms with Crippen LogP contribution in [0.25, 0.3) is 0 Å². The van der Waals surface area contributed by atoms with Crippen LogP contribution in [0, 0.1) is 5.92 Å². The summed E-state index contributed by atoms with van der Waals surface area (Å²) in [4.78, 5) is 31.9. The number of aromatic nitrogens is 2. The largest absolute Gasteiger partial charge is 0.351 e. The van der Waals surface area contributed by atoms with Crippen molar-refractivity contribution in [2.75, 3.05) is 24.5 Å². The van der Waals surface area contributed by atoms with Crippen molar-refractivity contribution in [2.24, 2.45) is 13.0 Å². The number of nitrogens with one attached hydrogen (secondary N) is 1. The summed E-state index contributed by atoms with van der Waals surface area (Å²) < 4.78 is 1.68. The molecule has 4 rings (SSSR count). The average Bonchev–Trinajstić information content (AvgIpc) is 3.32. The summed E-state index contributed by atoms with van der Waals surface area (Å²) >= 11 is 0. The van der Waals surface area contributed by atoms with Crippen LogP contribution >= 0.6 is 0 Å². The minimum absolute atomic E-state index is 0.0628. The minimum Gasteiger partial charge on any atom is -0.351 e. The maximum Gasteiger partial charge on any atom is 0.259 e. The van der Waals surface area contributed by atoms with Gasteiger partial charge in [-0.05, 0) is 63.7 Å². The zero-order valence-corrected chi connectivity index (χ0v) is 21.2. The first-order valence-corrected chi connectivity index (χ1v) is 13.0. The molecular formula is C28H39N5O2. The van der Waals surface area contributed by atoms with E-state index in [1.165, 1.54) is 32.1 Å². The first-order chi connectivity index (χ1) is 16.9. The minimum atomic E-state index is -0.611. The Hall–Kier alpha value is -2.93. The molecule has 7 nitrogen and oxygen atoms in total. The number of amides is 2. The molecule has 2 fully saturated rings. The number of carbonyl (C=O) groups excluding carboxylic acids is 2. The summed E-state index contributed by atoms with van der Waals surface area (Å²) in [6.45, 7) is 8.17. The zero-order chi connectivity index (χ0) is 24.8. The Bertz CT molecular complexity index is 1000. The summed E-state index contributed by atoms with van der Waals surface area (Å²) in [6.07, 6.45) is 11.8. The molecule has 1 aliphatic heterocycles. The van der Waals surface area contributed by atoms with E-state index in [1.807, 2.05) is 38.4 Å². The Kier molecular flexibility index (Phi) is 8.39. The highest BCUT2D eigenvalue weighted by Crippen LogP contribution is 2.32. The summed E-state index contributed by atoms with van der Waals surface area (Å²) in [5.41, 5.74) is 2.09. The predicted octanol–water partition coefficient (Wildman–Crippen LogP) is 4.17. The van der Waals surface area contributed by atoms with Crippen molar-refractivity contribution in [3.05, 3.63) is 60.4 Å². The van der Waals surface area contributed by atoms with E-state index >= 15 is 0 Å². The van der Waals surface area contributed by atoms with E-state index in [4.69, 9.17) is 0 Å². The van der Waals surface area contributed by atoms with Crippen molar-refractivity contribution in [3.63, 3.8) is 0 Å². The lowest BCUT2D eigenvalue weighted by Gasteiger charge is -2.43. The van der Waals surface area contributed by atoms with Crippen molar-refractivity contribution < 1.29 is 9.59 Å². The average molecular weight is 478 g/mol. The van der Waals surface area contributed by atoms with Crippen LogP contribution in [0.4, 0.5) is 5.69 Å². The van der Waals surface area contributed by atoms with Crippen LogP contribution in [0.3, 0.4) is 0 Å². The molecule has 1 unspecified atom stereocenters. The van der Waals surface area contributed by atoms with Crippen LogP contribution < -0.4 is 10.2 Å². The van der Waals surface area contributed by atoms with E-state index in [0.29, 0.717) is 23.8 Å². The molecule has 7 heteroatoms. The molecule has 1 saturated carbocycles. The van der Waals surface area contributed by atoms with Gasteiger partial charge in [-0.1, -0.05) is 49.6 Å². The van der Waals surface area contributed by atoms with Crippen molar-refractivity contribution in [1.82, 2.24) is 20.0 Å². The topological polar surface area (TPSA) is 70.5 Å². The zero-order valence-electron chi connectivity index (χ0n) is 21.2. The van der Waals surface area contributed by atoms with Gasteiger partial charge in [0.1, 0.15) is 6.04 Å². The van der Waals surface area contributed by atoms with E-state index in [1.54, 1.807) is 27.9 Å². The van der Waals surface area contributed by atoms with Gasteiger partial charge in [-0.2, -0.15) is 5.10 Å². The molecule has 1 aromatic carbocycles. The quantitative estimate of drug-likeness (QED) is 0.580. The van der Waals surface area contributed by atoms with E-state index in [2.05, 4.69) is 21.9 Å². The number of nitrogens with zero attached hydrogens (tertiary/aromatic N) is 4. The highest BCUT2D eigenvalue weighted by atomic mass is 16.2. The second kappa shape index (κ2) is 11.7. The van der Waals surface area contributed by atoms with Gasteiger partial charge in [0.25, 0.3) is 5.91 Å². The standard InChI is InChI=1S/C28H39N5O2/c1-21(2)18-29-27(34)26(22-14-16-32(17-15-22)24-12-8-5-9-13-24)33(25-19-30-31(3)20-25)28(35)23-10-6-4-7-11-23/h4,6-7,10-11,19-20,22,24,26H,1,5,8-9,12-18H2,2-3H3,(H,29,34). The fourth-order valence-electron chi connectivity index (χ4n) is 5.59. The maximum absolute atomic E-state index is 13.9. The molecule has 1 atom stereocenters. The number of rotatable bonds is 8. The van der Waals surface area contributed by atoms with Gasteiger partial charge in [0, 0.05) is 31.4 Å². The monoisotopic (exact) mass is 477 g/mol. The fraction of sp³-hybridized carbons (Fsp3) is 0.536. The highest BCUT2D eigenvalue weighted by Gasteiger charge is 2.40. The molecule has 2 amide bonds. The second-order valence-electron chi connectivity index (χ2n) is 10.2. The third-order valence-corrected chi connectivity index (χ3v) is 7.43. The van der Waals surface area contributed by atoms with E-state index in [-0.39, 0.29) is 17.7 Å². The van der Waals surface area contributed by atoms with Gasteiger partial charge in [-0.25, -0.2) is 0 Å². The number of benzene rings is 1. The third kappa shape index (κ3) is 6.20. The van der Waals surface area contributed by atoms with Crippen molar-refractivity contribution in [2.45, 2.75) is 64.0 Å². The highest BCUT2D eigenvalue weighted by molar-refractivity contribution is 6.09. The summed E-state index contributed by atoms with van der Waals surface area (Å²) in [7, 11) is 1.83. The van der Waals surface area contributed by atoms with E-state index in [0.717, 1.165) is 31.5 Å². The number of likely N-dealkylation sites (tertiary alicyclic amines) is 1. The number of aryl methyl sites for hydroxylation is 1. The van der Waals surface area contributed by atoms with Crippen molar-refractivity contribution in [3.8, 4) is 0 Å². The Morgan fingerprint density at radius 2 is 1.80 bits per heavy atom. The number of carbonyl (C=O) groups is 2. The van der Waals surface area contributed by atoms with Gasteiger partial charge in [-0.15, -0.1) is 0 Å². The van der Waals surface area contributed by atoms with Gasteiger partial charge >= 0.3 is 0 Å². The molecule has 35 heavy (non-hydrogen) atoms. The van der Waals surface area contributed by atoms with Crippen molar-refractivity contribution in [1.29, 1.82) is 0 Å². The Morgan fingerprint density at radius 1 is 1.11 bits per heavy atom. The predicted molar refractivity (Wildman–Crippen MR) is 139 cm³/mol. The normalized spacial score (nSPS) is 18.7. The number of anilines is 1. The maximum atomic E-state index is 13.9. The molecule has 1 aromatic heterocycles. The van der Waals surface area contributed by atoms with Gasteiger partial charge in [0.2, 0.25) is 5.91 Å². The van der Waals surface area contributed by atoms with Gasteiger partial charge in [-0.3, -0.25) is 19.2 Å². The lowest BCUT2D eigenvalue weighted by Crippen LogP contribution is -2.56. The molecule has 0 radical (unpaired) electrons. The molecule has 2 aliphatic rings. The van der Waals surface area contributed by atoms with E-state index < -0.39 is 6.04 Å². The first kappa shape index (κ1) is 25.2. The molecule has 0 bridgehead atoms. The lowest BCUT2D eigenvalue weighted by molar-refractivity contribution is -0.123. The number of hydrogen-bond acceptors (Lipinski definition) is 4. The summed E-state index contributed by atoms with van der Waals surface area (Å²) in [5.74, 6) is -0.242.